The molecule has 0 bridgehead atoms. The summed E-state index contributed by atoms with van der Waals surface area (Å²) in [6, 6.07) is 0.0993. The number of nitrogens with zero attached hydrogens (tertiary/aromatic N) is 2. The molecule has 0 aromatic carbocycles. The van der Waals surface area contributed by atoms with E-state index in [-0.39, 0.29) is 6.00 Å². The molecule has 0 aromatic rings. The van der Waals surface area contributed by atoms with E-state index in [2.05, 4.69) is 0 Å². The fourth-order valence-electron chi connectivity index (χ4n) is 1.13. The van der Waals surface area contributed by atoms with Gasteiger partial charge in [0.25, 0.3) is 0 Å². The van der Waals surface area contributed by atoms with E-state index in [0.717, 1.165) is 0 Å². The summed E-state index contributed by atoms with van der Waals surface area (Å²) in [7, 11) is 0. The average molecular weight is 191 g/mol. The molecule has 0 unspecified atom stereocenters. The van der Waals surface area contributed by atoms with E-state index in [4.69, 9.17) is 11.6 Å². The molecule has 1 rings (SSSR count). The van der Waals surface area contributed by atoms with Crippen LogP contribution in [0.2, 0.25) is 0 Å². The Hall–Kier alpha value is -0.770. The molecule has 12 heavy (non-hydrogen) atoms. The summed E-state index contributed by atoms with van der Waals surface area (Å²) in [5.74, 6) is -0.928. The van der Waals surface area contributed by atoms with E-state index in [1.54, 1.807) is 0 Å². The molecule has 2 amide bonds. The molecule has 1 fully saturated rings. The normalized spacial score (nSPS) is 18.8. The second-order valence-electron chi connectivity index (χ2n) is 2.57. The second-order valence-corrected chi connectivity index (χ2v) is 2.81. The van der Waals surface area contributed by atoms with Crippen molar-refractivity contribution in [2.45, 2.75) is 6.92 Å². The van der Waals surface area contributed by atoms with E-state index >= 15 is 0 Å². The van der Waals surface area contributed by atoms with Crippen LogP contribution in [-0.4, -0.2) is 47.3 Å². The Morgan fingerprint density at radius 1 is 1.25 bits per heavy atom. The summed E-state index contributed by atoms with van der Waals surface area (Å²) in [4.78, 5) is 25.2. The van der Waals surface area contributed by atoms with Crippen molar-refractivity contribution >= 4 is 23.4 Å². The topological polar surface area (TPSA) is 40.6 Å². The lowest BCUT2D eigenvalue weighted by Gasteiger charge is -2.31. The van der Waals surface area contributed by atoms with Crippen molar-refractivity contribution in [3.05, 3.63) is 0 Å². The lowest BCUT2D eigenvalue weighted by molar-refractivity contribution is -0.155. The zero-order valence-corrected chi connectivity index (χ0v) is 7.67. The Balaban J connectivity index is 2.65. The van der Waals surface area contributed by atoms with Crippen molar-refractivity contribution in [2.24, 2.45) is 0 Å². The second kappa shape index (κ2) is 3.76. The number of halogens is 1. The van der Waals surface area contributed by atoms with Crippen molar-refractivity contribution in [3.63, 3.8) is 0 Å². The van der Waals surface area contributed by atoms with Crippen LogP contribution < -0.4 is 0 Å². The highest BCUT2D eigenvalue weighted by molar-refractivity contribution is 6.36. The Morgan fingerprint density at radius 2 is 1.75 bits per heavy atom. The van der Waals surface area contributed by atoms with Crippen LogP contribution >= 0.6 is 11.6 Å². The maximum absolute atomic E-state index is 11.2. The number of alkyl halides is 1. The van der Waals surface area contributed by atoms with Crippen LogP contribution in [-0.2, 0) is 9.59 Å². The number of likely N-dealkylation sites (N-methyl/N-ethyl adjacent to an activating group) is 1. The van der Waals surface area contributed by atoms with E-state index < -0.39 is 11.8 Å². The van der Waals surface area contributed by atoms with Gasteiger partial charge in [0.05, 0.1) is 6.00 Å². The van der Waals surface area contributed by atoms with Crippen molar-refractivity contribution < 1.29 is 9.59 Å². The molecule has 1 aliphatic heterocycles. The first-order valence-electron chi connectivity index (χ1n) is 3.84. The van der Waals surface area contributed by atoms with Gasteiger partial charge in [-0.3, -0.25) is 9.59 Å². The van der Waals surface area contributed by atoms with Gasteiger partial charge in [-0.15, -0.1) is 11.6 Å². The van der Waals surface area contributed by atoms with Crippen LogP contribution in [0.3, 0.4) is 0 Å². The van der Waals surface area contributed by atoms with Gasteiger partial charge in [0, 0.05) is 19.6 Å². The molecule has 5 heteroatoms. The molecule has 1 saturated heterocycles. The monoisotopic (exact) mass is 190 g/mol. The maximum atomic E-state index is 11.2. The molecule has 1 aliphatic rings. The number of piperazine rings is 1. The average Bonchev–Trinajstić information content (AvgIpc) is 2.10. The van der Waals surface area contributed by atoms with Crippen molar-refractivity contribution in [1.82, 2.24) is 9.80 Å². The van der Waals surface area contributed by atoms with Crippen molar-refractivity contribution in [2.75, 3.05) is 25.6 Å². The molecule has 0 N–H and O–H groups in total. The summed E-state index contributed by atoms with van der Waals surface area (Å²) < 4.78 is 0. The number of amides is 2. The molecule has 68 valence electrons. The third-order valence-corrected chi connectivity index (χ3v) is 2.21. The smallest absolute Gasteiger partial charge is 0.313 e. The summed E-state index contributed by atoms with van der Waals surface area (Å²) in [5.41, 5.74) is 0. The SMILES string of the molecule is CCN1CCN(CCl)C(=O)C1=O. The first-order valence-corrected chi connectivity index (χ1v) is 4.38. The summed E-state index contributed by atoms with van der Waals surface area (Å²) in [6.45, 7) is 3.57. The van der Waals surface area contributed by atoms with Gasteiger partial charge in [-0.05, 0) is 6.92 Å². The number of carbonyl (C=O) groups excluding carboxylic acids is 2. The lowest BCUT2D eigenvalue weighted by Crippen LogP contribution is -2.53. The number of rotatable bonds is 2. The minimum Gasteiger partial charge on any atom is -0.333 e. The third kappa shape index (κ3) is 1.53. The highest BCUT2D eigenvalue weighted by Crippen LogP contribution is 2.04. The van der Waals surface area contributed by atoms with E-state index in [9.17, 15) is 9.59 Å². The predicted molar refractivity (Wildman–Crippen MR) is 44.7 cm³/mol. The molecule has 0 radical (unpaired) electrons. The minimum atomic E-state index is -0.488. The van der Waals surface area contributed by atoms with Gasteiger partial charge in [0.1, 0.15) is 0 Å². The number of hydrogen-bond acceptors (Lipinski definition) is 2. The predicted octanol–water partition coefficient (Wildman–Crippen LogP) is -0.127. The van der Waals surface area contributed by atoms with Gasteiger partial charge < -0.3 is 9.80 Å². The maximum Gasteiger partial charge on any atom is 0.313 e. The molecular formula is C7H11ClN2O2. The Labute approximate surface area is 76.1 Å². The van der Waals surface area contributed by atoms with Crippen LogP contribution in [0.25, 0.3) is 0 Å². The Kier molecular flexibility index (Phi) is 2.92. The fourth-order valence-corrected chi connectivity index (χ4v) is 1.36. The molecule has 0 aliphatic carbocycles. The first-order chi connectivity index (χ1) is 5.70. The van der Waals surface area contributed by atoms with E-state index in [1.807, 2.05) is 6.92 Å². The van der Waals surface area contributed by atoms with Crippen LogP contribution in [0.15, 0.2) is 0 Å². The highest BCUT2D eigenvalue weighted by atomic mass is 35.5. The third-order valence-electron chi connectivity index (χ3n) is 1.92. The molecule has 0 aromatic heterocycles. The summed E-state index contributed by atoms with van der Waals surface area (Å²) in [5, 5.41) is 0. The van der Waals surface area contributed by atoms with Crippen LogP contribution in [0.5, 0.6) is 0 Å². The molecule has 0 spiro atoms. The molecular weight excluding hydrogens is 180 g/mol. The van der Waals surface area contributed by atoms with Crippen molar-refractivity contribution in [1.29, 1.82) is 0 Å². The highest BCUT2D eigenvalue weighted by Gasteiger charge is 2.30. The van der Waals surface area contributed by atoms with Gasteiger partial charge in [0.2, 0.25) is 0 Å². The van der Waals surface area contributed by atoms with Crippen molar-refractivity contribution in [3.8, 4) is 0 Å². The zero-order valence-electron chi connectivity index (χ0n) is 6.92. The van der Waals surface area contributed by atoms with E-state index in [1.165, 1.54) is 9.80 Å². The van der Waals surface area contributed by atoms with Gasteiger partial charge in [-0.25, -0.2) is 0 Å². The Bertz CT molecular complexity index is 186. The minimum absolute atomic E-state index is 0.0993. The molecule has 1 heterocycles. The van der Waals surface area contributed by atoms with Gasteiger partial charge in [-0.2, -0.15) is 0 Å². The van der Waals surface area contributed by atoms with Crippen LogP contribution in [0, 0.1) is 0 Å². The van der Waals surface area contributed by atoms with Crippen LogP contribution in [0.1, 0.15) is 6.92 Å². The van der Waals surface area contributed by atoms with E-state index in [0.29, 0.717) is 19.6 Å². The molecule has 4 nitrogen and oxygen atoms in total. The number of hydrogen-bond donors (Lipinski definition) is 0. The molecule has 0 atom stereocenters. The zero-order chi connectivity index (χ0) is 9.14. The van der Waals surface area contributed by atoms with Crippen LogP contribution in [0.4, 0.5) is 0 Å². The van der Waals surface area contributed by atoms with Gasteiger partial charge >= 0.3 is 11.8 Å². The standard InChI is InChI=1S/C7H11ClN2O2/c1-2-9-3-4-10(5-8)7(12)6(9)11/h2-5H2,1H3. The summed E-state index contributed by atoms with van der Waals surface area (Å²) >= 11 is 5.47. The summed E-state index contributed by atoms with van der Waals surface area (Å²) in [6.07, 6.45) is 0. The fraction of sp³-hybridized carbons (Fsp3) is 0.714. The Morgan fingerprint density at radius 3 is 2.25 bits per heavy atom. The quantitative estimate of drug-likeness (QED) is 0.346. The van der Waals surface area contributed by atoms with Gasteiger partial charge in [-0.1, -0.05) is 0 Å². The van der Waals surface area contributed by atoms with Gasteiger partial charge in [0.15, 0.2) is 0 Å². The largest absolute Gasteiger partial charge is 0.333 e. The lowest BCUT2D eigenvalue weighted by atomic mass is 10.3. The number of carbonyl (C=O) groups is 2. The first kappa shape index (κ1) is 9.32. The molecule has 0 saturated carbocycles.